The number of nitrogens with zero attached hydrogens (tertiary/aromatic N) is 2. The highest BCUT2D eigenvalue weighted by atomic mass is 14.9. The number of amidine groups is 1. The van der Waals surface area contributed by atoms with Gasteiger partial charge in [0.25, 0.3) is 0 Å². The Morgan fingerprint density at radius 3 is 2.60 bits per heavy atom. The molecule has 0 radical (unpaired) electrons. The Balaban J connectivity index is 2.67. The number of rotatable bonds is 2. The van der Waals surface area contributed by atoms with Crippen LogP contribution in [0, 0.1) is 5.41 Å². The molecule has 0 bridgehead atoms. The highest BCUT2D eigenvalue weighted by Crippen LogP contribution is 1.86. The van der Waals surface area contributed by atoms with Crippen molar-refractivity contribution in [2.24, 2.45) is 5.73 Å². The normalized spacial score (nSPS) is 9.20. The van der Waals surface area contributed by atoms with Gasteiger partial charge in [-0.2, -0.15) is 0 Å². The van der Waals surface area contributed by atoms with E-state index in [0.717, 1.165) is 0 Å². The van der Waals surface area contributed by atoms with E-state index in [1.807, 2.05) is 0 Å². The molecule has 10 heavy (non-hydrogen) atoms. The molecule has 0 aromatic carbocycles. The summed E-state index contributed by atoms with van der Waals surface area (Å²) >= 11 is 0. The maximum absolute atomic E-state index is 6.93. The Bertz CT molecular complexity index is 218. The molecular formula is C6H8N4. The second-order valence-electron chi connectivity index (χ2n) is 1.87. The van der Waals surface area contributed by atoms with Crippen LogP contribution >= 0.6 is 0 Å². The number of nitrogens with two attached hydrogens (primary N) is 1. The van der Waals surface area contributed by atoms with Gasteiger partial charge >= 0.3 is 0 Å². The molecule has 4 nitrogen and oxygen atoms in total. The SMILES string of the molecule is N=C(N)Cc1ncccn1. The minimum absolute atomic E-state index is 0.0891. The van der Waals surface area contributed by atoms with Crippen molar-refractivity contribution in [3.63, 3.8) is 0 Å². The molecule has 0 aliphatic rings. The van der Waals surface area contributed by atoms with E-state index in [1.165, 1.54) is 0 Å². The predicted molar refractivity (Wildman–Crippen MR) is 37.7 cm³/mol. The minimum Gasteiger partial charge on any atom is -0.387 e. The van der Waals surface area contributed by atoms with Crippen LogP contribution in [0.4, 0.5) is 0 Å². The first-order chi connectivity index (χ1) is 4.79. The smallest absolute Gasteiger partial charge is 0.135 e. The summed E-state index contributed by atoms with van der Waals surface area (Å²) in [6.45, 7) is 0. The minimum atomic E-state index is 0.0891. The van der Waals surface area contributed by atoms with Crippen LogP contribution in [0.1, 0.15) is 5.82 Å². The lowest BCUT2D eigenvalue weighted by molar-refractivity contribution is 0.999. The van der Waals surface area contributed by atoms with E-state index in [0.29, 0.717) is 12.2 Å². The van der Waals surface area contributed by atoms with Crippen molar-refractivity contribution >= 4 is 5.84 Å². The van der Waals surface area contributed by atoms with Crippen LogP contribution in [-0.4, -0.2) is 15.8 Å². The van der Waals surface area contributed by atoms with Gasteiger partial charge in [-0.1, -0.05) is 0 Å². The number of hydrogen-bond donors (Lipinski definition) is 2. The summed E-state index contributed by atoms with van der Waals surface area (Å²) in [5, 5.41) is 6.93. The standard InChI is InChI=1S/C6H8N4/c7-5(8)4-6-9-2-1-3-10-6/h1-3H,4H2,(H3,7,8). The van der Waals surface area contributed by atoms with E-state index >= 15 is 0 Å². The van der Waals surface area contributed by atoms with Crippen LogP contribution in [0.15, 0.2) is 18.5 Å². The van der Waals surface area contributed by atoms with Gasteiger partial charge in [-0.3, -0.25) is 5.41 Å². The fraction of sp³-hybridized carbons (Fsp3) is 0.167. The van der Waals surface area contributed by atoms with Gasteiger partial charge in [0.15, 0.2) is 0 Å². The monoisotopic (exact) mass is 136 g/mol. The average molecular weight is 136 g/mol. The Morgan fingerprint density at radius 2 is 2.10 bits per heavy atom. The lowest BCUT2D eigenvalue weighted by Gasteiger charge is -1.93. The molecule has 0 saturated heterocycles. The largest absolute Gasteiger partial charge is 0.387 e. The number of hydrogen-bond acceptors (Lipinski definition) is 3. The molecule has 0 amide bonds. The van der Waals surface area contributed by atoms with Crippen molar-refractivity contribution in [1.29, 1.82) is 5.41 Å². The fourth-order valence-corrected chi connectivity index (χ4v) is 0.592. The van der Waals surface area contributed by atoms with Crippen molar-refractivity contribution < 1.29 is 0 Å². The lowest BCUT2D eigenvalue weighted by Crippen LogP contribution is -2.14. The van der Waals surface area contributed by atoms with E-state index in [4.69, 9.17) is 11.1 Å². The Labute approximate surface area is 58.6 Å². The Kier molecular flexibility index (Phi) is 1.94. The molecular weight excluding hydrogens is 128 g/mol. The quantitative estimate of drug-likeness (QED) is 0.442. The summed E-state index contributed by atoms with van der Waals surface area (Å²) in [6, 6.07) is 1.73. The topological polar surface area (TPSA) is 75.7 Å². The summed E-state index contributed by atoms with van der Waals surface area (Å²) in [5.41, 5.74) is 5.13. The van der Waals surface area contributed by atoms with Gasteiger partial charge in [0.1, 0.15) is 5.82 Å². The molecule has 3 N–H and O–H groups in total. The van der Waals surface area contributed by atoms with Gasteiger partial charge in [-0.15, -0.1) is 0 Å². The molecule has 0 aliphatic heterocycles. The highest BCUT2D eigenvalue weighted by Gasteiger charge is 1.94. The van der Waals surface area contributed by atoms with Crippen molar-refractivity contribution in [1.82, 2.24) is 9.97 Å². The van der Waals surface area contributed by atoms with Crippen LogP contribution in [0.3, 0.4) is 0 Å². The van der Waals surface area contributed by atoms with E-state index in [2.05, 4.69) is 9.97 Å². The first-order valence-corrected chi connectivity index (χ1v) is 2.88. The van der Waals surface area contributed by atoms with Gasteiger partial charge in [-0.25, -0.2) is 9.97 Å². The zero-order valence-corrected chi connectivity index (χ0v) is 5.41. The molecule has 1 rings (SSSR count). The average Bonchev–Trinajstić information content (AvgIpc) is 1.88. The summed E-state index contributed by atoms with van der Waals surface area (Å²) in [6.07, 6.45) is 3.59. The third kappa shape index (κ3) is 1.81. The van der Waals surface area contributed by atoms with E-state index in [1.54, 1.807) is 18.5 Å². The molecule has 0 saturated carbocycles. The third-order valence-corrected chi connectivity index (χ3v) is 0.968. The van der Waals surface area contributed by atoms with Gasteiger partial charge in [0.2, 0.25) is 0 Å². The number of aromatic nitrogens is 2. The van der Waals surface area contributed by atoms with Gasteiger partial charge in [0, 0.05) is 12.4 Å². The molecule has 1 heterocycles. The van der Waals surface area contributed by atoms with Crippen LogP contribution in [-0.2, 0) is 6.42 Å². The molecule has 0 aliphatic carbocycles. The molecule has 0 fully saturated rings. The van der Waals surface area contributed by atoms with Gasteiger partial charge in [-0.05, 0) is 6.07 Å². The fourth-order valence-electron chi connectivity index (χ4n) is 0.592. The maximum Gasteiger partial charge on any atom is 0.135 e. The molecule has 0 unspecified atom stereocenters. The molecule has 0 atom stereocenters. The van der Waals surface area contributed by atoms with Crippen LogP contribution in [0.5, 0.6) is 0 Å². The zero-order chi connectivity index (χ0) is 7.40. The van der Waals surface area contributed by atoms with Crippen molar-refractivity contribution in [2.75, 3.05) is 0 Å². The summed E-state index contributed by atoms with van der Waals surface area (Å²) < 4.78 is 0. The second-order valence-corrected chi connectivity index (χ2v) is 1.87. The lowest BCUT2D eigenvalue weighted by atomic mass is 10.4. The van der Waals surface area contributed by atoms with Crippen molar-refractivity contribution in [3.8, 4) is 0 Å². The first kappa shape index (κ1) is 6.67. The highest BCUT2D eigenvalue weighted by molar-refractivity contribution is 5.78. The van der Waals surface area contributed by atoms with E-state index in [-0.39, 0.29) is 5.84 Å². The molecule has 0 spiro atoms. The van der Waals surface area contributed by atoms with E-state index in [9.17, 15) is 0 Å². The van der Waals surface area contributed by atoms with E-state index < -0.39 is 0 Å². The van der Waals surface area contributed by atoms with Crippen LogP contribution in [0.2, 0.25) is 0 Å². The molecule has 4 heteroatoms. The van der Waals surface area contributed by atoms with Crippen molar-refractivity contribution in [2.45, 2.75) is 6.42 Å². The van der Waals surface area contributed by atoms with Gasteiger partial charge < -0.3 is 5.73 Å². The Hall–Kier alpha value is -1.45. The molecule has 1 aromatic heterocycles. The summed E-state index contributed by atoms with van der Waals surface area (Å²) in [7, 11) is 0. The maximum atomic E-state index is 6.93. The Morgan fingerprint density at radius 1 is 1.50 bits per heavy atom. The summed E-state index contributed by atoms with van der Waals surface area (Å²) in [5.74, 6) is 0.682. The second kappa shape index (κ2) is 2.91. The summed E-state index contributed by atoms with van der Waals surface area (Å²) in [4.78, 5) is 7.77. The van der Waals surface area contributed by atoms with Crippen LogP contribution in [0.25, 0.3) is 0 Å². The van der Waals surface area contributed by atoms with Crippen LogP contribution < -0.4 is 5.73 Å². The van der Waals surface area contributed by atoms with Gasteiger partial charge in [0.05, 0.1) is 12.3 Å². The predicted octanol–water partition coefficient (Wildman–Crippen LogP) is -0.0449. The van der Waals surface area contributed by atoms with Crippen molar-refractivity contribution in [3.05, 3.63) is 24.3 Å². The third-order valence-electron chi connectivity index (χ3n) is 0.968. The first-order valence-electron chi connectivity index (χ1n) is 2.88. The molecule has 52 valence electrons. The molecule has 1 aromatic rings. The number of nitrogens with one attached hydrogen (secondary N) is 1. The zero-order valence-electron chi connectivity index (χ0n) is 5.41.